The number of alkyl halides is 6. The fraction of sp³-hybridized carbons (Fsp3) is 0.720. The lowest BCUT2D eigenvalue weighted by Crippen LogP contribution is -2.45. The number of aliphatic hydroxyl groups is 1. The first kappa shape index (κ1) is 27.8. The van der Waals surface area contributed by atoms with E-state index in [1.54, 1.807) is 0 Å². The molecular formula is C25H33F6NO3. The number of hydrogen-bond donors (Lipinski definition) is 2. The Labute approximate surface area is 201 Å². The predicted molar refractivity (Wildman–Crippen MR) is 118 cm³/mol. The Hall–Kier alpha value is -1.81. The molecule has 1 saturated carbocycles. The van der Waals surface area contributed by atoms with Crippen molar-refractivity contribution in [1.82, 2.24) is 4.90 Å². The average Bonchev–Trinajstić information content (AvgIpc) is 3.19. The minimum atomic E-state index is -4.51. The molecule has 2 fully saturated rings. The third-order valence-corrected chi connectivity index (χ3v) is 7.55. The molecule has 0 radical (unpaired) electrons. The highest BCUT2D eigenvalue weighted by molar-refractivity contribution is 5.67. The Morgan fingerprint density at radius 3 is 2.23 bits per heavy atom. The monoisotopic (exact) mass is 509 g/mol. The van der Waals surface area contributed by atoms with Gasteiger partial charge >= 0.3 is 18.3 Å². The number of carboxylic acids is 1. The van der Waals surface area contributed by atoms with E-state index < -0.39 is 48.0 Å². The number of nitrogens with zero attached hydrogens (tertiary/aromatic N) is 1. The van der Waals surface area contributed by atoms with E-state index in [1.807, 2.05) is 4.90 Å². The van der Waals surface area contributed by atoms with Crippen molar-refractivity contribution in [3.63, 3.8) is 0 Å². The number of aliphatic carboxylic acids is 1. The van der Waals surface area contributed by atoms with Crippen LogP contribution >= 0.6 is 0 Å². The first-order chi connectivity index (χ1) is 16.3. The van der Waals surface area contributed by atoms with Gasteiger partial charge in [0.15, 0.2) is 0 Å². The smallest absolute Gasteiger partial charge is 0.416 e. The van der Waals surface area contributed by atoms with Crippen LogP contribution in [0.2, 0.25) is 0 Å². The van der Waals surface area contributed by atoms with E-state index in [1.165, 1.54) is 12.1 Å². The highest BCUT2D eigenvalue weighted by Crippen LogP contribution is 2.42. The minimum absolute atomic E-state index is 0.0993. The summed E-state index contributed by atoms with van der Waals surface area (Å²) in [6, 6.07) is 3.58. The maximum atomic E-state index is 13.1. The van der Waals surface area contributed by atoms with E-state index in [0.29, 0.717) is 50.6 Å². The molecule has 1 aliphatic heterocycles. The van der Waals surface area contributed by atoms with Crippen molar-refractivity contribution in [3.8, 4) is 0 Å². The van der Waals surface area contributed by atoms with Gasteiger partial charge in [-0.15, -0.1) is 0 Å². The van der Waals surface area contributed by atoms with Crippen LogP contribution in [0, 0.1) is 5.92 Å². The van der Waals surface area contributed by atoms with Crippen molar-refractivity contribution in [3.05, 3.63) is 35.4 Å². The van der Waals surface area contributed by atoms with Crippen LogP contribution in [0.3, 0.4) is 0 Å². The van der Waals surface area contributed by atoms with Gasteiger partial charge in [0.25, 0.3) is 0 Å². The molecule has 3 rings (SSSR count). The lowest BCUT2D eigenvalue weighted by Gasteiger charge is -2.45. The van der Waals surface area contributed by atoms with Gasteiger partial charge in [-0.3, -0.25) is 9.69 Å². The summed E-state index contributed by atoms with van der Waals surface area (Å²) in [6.45, 7) is 0.352. The van der Waals surface area contributed by atoms with Gasteiger partial charge in [0, 0.05) is 24.9 Å². The fourth-order valence-corrected chi connectivity index (χ4v) is 5.67. The molecule has 198 valence electrons. The zero-order valence-electron chi connectivity index (χ0n) is 19.5. The molecule has 1 aliphatic carbocycles. The Balaban J connectivity index is 1.86. The van der Waals surface area contributed by atoms with Crippen molar-refractivity contribution in [2.45, 2.75) is 101 Å². The van der Waals surface area contributed by atoms with Crippen LogP contribution in [0.5, 0.6) is 0 Å². The van der Waals surface area contributed by atoms with Crippen LogP contribution in [0.4, 0.5) is 26.3 Å². The molecule has 1 unspecified atom stereocenters. The van der Waals surface area contributed by atoms with Crippen molar-refractivity contribution >= 4 is 5.97 Å². The van der Waals surface area contributed by atoms with Crippen molar-refractivity contribution in [2.75, 3.05) is 6.54 Å². The molecular weight excluding hydrogens is 476 g/mol. The van der Waals surface area contributed by atoms with Gasteiger partial charge in [-0.2, -0.15) is 26.3 Å². The molecule has 1 aromatic rings. The second-order valence-electron chi connectivity index (χ2n) is 10.1. The summed E-state index contributed by atoms with van der Waals surface area (Å²) in [5, 5.41) is 20.0. The molecule has 0 aromatic heterocycles. The Bertz CT molecular complexity index is 833. The summed E-state index contributed by atoms with van der Waals surface area (Å²) >= 11 is 0. The molecule has 3 atom stereocenters. The summed E-state index contributed by atoms with van der Waals surface area (Å²) < 4.78 is 78.6. The van der Waals surface area contributed by atoms with Gasteiger partial charge in [-0.1, -0.05) is 25.0 Å². The van der Waals surface area contributed by atoms with E-state index in [-0.39, 0.29) is 18.8 Å². The van der Waals surface area contributed by atoms with Crippen LogP contribution in [-0.2, 0) is 11.0 Å². The van der Waals surface area contributed by atoms with Gasteiger partial charge in [-0.25, -0.2) is 0 Å². The van der Waals surface area contributed by atoms with Gasteiger partial charge in [0.05, 0.1) is 11.2 Å². The molecule has 0 amide bonds. The SMILES string of the molecule is O=C(O)CC1CCN([C@@H](CCC(F)(F)F)CCC2(O)CCCC2)[C@H](c2ccc(C(F)(F)F)cc2)C1. The number of carboxylic acid groups (broad SMARTS) is 1. The van der Waals surface area contributed by atoms with Crippen LogP contribution < -0.4 is 0 Å². The Morgan fingerprint density at radius 2 is 1.69 bits per heavy atom. The third-order valence-electron chi connectivity index (χ3n) is 7.55. The summed E-state index contributed by atoms with van der Waals surface area (Å²) in [7, 11) is 0. The van der Waals surface area contributed by atoms with Crippen molar-refractivity contribution in [1.29, 1.82) is 0 Å². The van der Waals surface area contributed by atoms with E-state index in [9.17, 15) is 41.4 Å². The quantitative estimate of drug-likeness (QED) is 0.363. The zero-order chi connectivity index (χ0) is 25.9. The zero-order valence-corrected chi connectivity index (χ0v) is 19.5. The topological polar surface area (TPSA) is 60.8 Å². The number of rotatable bonds is 9. The Kier molecular flexibility index (Phi) is 8.78. The molecule has 0 bridgehead atoms. The molecule has 2 aliphatic rings. The normalized spacial score (nSPS) is 24.4. The van der Waals surface area contributed by atoms with E-state index in [0.717, 1.165) is 25.0 Å². The van der Waals surface area contributed by atoms with Crippen LogP contribution in [0.15, 0.2) is 24.3 Å². The number of hydrogen-bond acceptors (Lipinski definition) is 3. The maximum absolute atomic E-state index is 13.1. The molecule has 1 heterocycles. The van der Waals surface area contributed by atoms with Crippen LogP contribution in [0.25, 0.3) is 0 Å². The molecule has 10 heteroatoms. The fourth-order valence-electron chi connectivity index (χ4n) is 5.67. The number of piperidine rings is 1. The molecule has 1 aromatic carbocycles. The van der Waals surface area contributed by atoms with Crippen LogP contribution in [-0.4, -0.2) is 45.4 Å². The van der Waals surface area contributed by atoms with E-state index in [4.69, 9.17) is 0 Å². The standard InChI is InChI=1S/C25H33F6NO3/c26-24(27,28)13-8-20(7-12-23(35)10-1-2-11-23)32-14-9-17(16-22(33)34)15-21(32)18-3-5-19(6-4-18)25(29,30)31/h3-6,17,20-21,35H,1-2,7-16H2,(H,33,34)/t17?,20-,21+/m1/s1. The summed E-state index contributed by atoms with van der Waals surface area (Å²) in [5.74, 6) is -1.20. The number of benzene rings is 1. The number of halogens is 6. The molecule has 4 nitrogen and oxygen atoms in total. The van der Waals surface area contributed by atoms with Crippen molar-refractivity contribution in [2.24, 2.45) is 5.92 Å². The molecule has 2 N–H and O–H groups in total. The van der Waals surface area contributed by atoms with Gasteiger partial charge in [0.1, 0.15) is 0 Å². The summed E-state index contributed by atoms with van der Waals surface area (Å²) in [4.78, 5) is 13.2. The van der Waals surface area contributed by atoms with Gasteiger partial charge in [-0.05, 0) is 75.1 Å². The highest BCUT2D eigenvalue weighted by Gasteiger charge is 2.39. The van der Waals surface area contributed by atoms with E-state index >= 15 is 0 Å². The summed E-state index contributed by atoms with van der Waals surface area (Å²) in [6.07, 6.45) is -5.64. The molecule has 0 spiro atoms. The molecule has 35 heavy (non-hydrogen) atoms. The largest absolute Gasteiger partial charge is 0.481 e. The maximum Gasteiger partial charge on any atom is 0.416 e. The first-order valence-electron chi connectivity index (χ1n) is 12.2. The van der Waals surface area contributed by atoms with E-state index in [2.05, 4.69) is 0 Å². The molecule has 1 saturated heterocycles. The average molecular weight is 510 g/mol. The Morgan fingerprint density at radius 1 is 1.06 bits per heavy atom. The van der Waals surface area contributed by atoms with Gasteiger partial charge in [0.2, 0.25) is 0 Å². The number of likely N-dealkylation sites (tertiary alicyclic amines) is 1. The lowest BCUT2D eigenvalue weighted by atomic mass is 9.82. The van der Waals surface area contributed by atoms with Crippen molar-refractivity contribution < 1.29 is 41.4 Å². The summed E-state index contributed by atoms with van der Waals surface area (Å²) in [5.41, 5.74) is -1.17. The minimum Gasteiger partial charge on any atom is -0.481 e. The predicted octanol–water partition coefficient (Wildman–Crippen LogP) is 6.73. The first-order valence-corrected chi connectivity index (χ1v) is 12.2. The number of carbonyl (C=O) groups is 1. The van der Waals surface area contributed by atoms with Crippen LogP contribution in [0.1, 0.15) is 87.8 Å². The highest BCUT2D eigenvalue weighted by atomic mass is 19.4. The van der Waals surface area contributed by atoms with Gasteiger partial charge < -0.3 is 10.2 Å². The third kappa shape index (κ3) is 8.10. The second-order valence-corrected chi connectivity index (χ2v) is 10.1. The second kappa shape index (κ2) is 11.1. The lowest BCUT2D eigenvalue weighted by molar-refractivity contribution is -0.142.